The Morgan fingerprint density at radius 1 is 1.43 bits per heavy atom. The van der Waals surface area contributed by atoms with Crippen molar-refractivity contribution in [1.82, 2.24) is 0 Å². The number of anilines is 1. The molecule has 0 N–H and O–H groups in total. The zero-order chi connectivity index (χ0) is 17.1. The first kappa shape index (κ1) is 16.8. The summed E-state index contributed by atoms with van der Waals surface area (Å²) in [6, 6.07) is 3.00. The van der Waals surface area contributed by atoms with E-state index < -0.39 is 12.1 Å². The maximum atomic E-state index is 12.4. The van der Waals surface area contributed by atoms with E-state index in [-0.39, 0.29) is 18.6 Å². The molecule has 23 heavy (non-hydrogen) atoms. The summed E-state index contributed by atoms with van der Waals surface area (Å²) in [5.41, 5.74) is 0.629. The monoisotopic (exact) mass is 321 g/mol. The molecule has 0 aromatic heterocycles. The quantitative estimate of drug-likeness (QED) is 0.605. The summed E-state index contributed by atoms with van der Waals surface area (Å²) in [5.74, 6) is -0.277. The highest BCUT2D eigenvalue weighted by Crippen LogP contribution is 2.42. The maximum Gasteiger partial charge on any atom is 0.326 e. The van der Waals surface area contributed by atoms with Crippen LogP contribution in [0.25, 0.3) is 0 Å². The highest BCUT2D eigenvalue weighted by Gasteiger charge is 2.35. The molecule has 1 atom stereocenters. The van der Waals surface area contributed by atoms with Crippen LogP contribution in [0.5, 0.6) is 11.5 Å². The molecule has 1 amide bonds. The van der Waals surface area contributed by atoms with E-state index in [1.807, 2.05) is 0 Å². The maximum absolute atomic E-state index is 12.4. The van der Waals surface area contributed by atoms with Crippen molar-refractivity contribution in [3.05, 3.63) is 17.7 Å². The SMILES string of the molecule is COc1cc(C=O)cc2c1OC(C)C(=O)N2CC(=O)OC(C)C. The molecule has 1 aliphatic heterocycles. The predicted octanol–water partition coefficient (Wildman–Crippen LogP) is 1.57. The number of methoxy groups -OCH3 is 1. The van der Waals surface area contributed by atoms with Crippen LogP contribution in [-0.2, 0) is 14.3 Å². The van der Waals surface area contributed by atoms with Gasteiger partial charge in [-0.05, 0) is 32.9 Å². The van der Waals surface area contributed by atoms with Gasteiger partial charge in [-0.1, -0.05) is 0 Å². The zero-order valence-corrected chi connectivity index (χ0v) is 13.5. The molecule has 1 heterocycles. The number of carbonyl (C=O) groups is 3. The van der Waals surface area contributed by atoms with Gasteiger partial charge in [0.2, 0.25) is 0 Å². The van der Waals surface area contributed by atoms with Crippen molar-refractivity contribution in [3.8, 4) is 11.5 Å². The summed E-state index contributed by atoms with van der Waals surface area (Å²) >= 11 is 0. The first-order chi connectivity index (χ1) is 10.9. The van der Waals surface area contributed by atoms with Crippen LogP contribution in [0.4, 0.5) is 5.69 Å². The number of hydrogen-bond donors (Lipinski definition) is 0. The van der Waals surface area contributed by atoms with Crippen molar-refractivity contribution in [3.63, 3.8) is 0 Å². The van der Waals surface area contributed by atoms with Crippen LogP contribution in [0.1, 0.15) is 31.1 Å². The van der Waals surface area contributed by atoms with Gasteiger partial charge in [0.05, 0.1) is 18.9 Å². The molecule has 1 aromatic carbocycles. The Kier molecular flexibility index (Phi) is 4.88. The summed E-state index contributed by atoms with van der Waals surface area (Å²) in [4.78, 5) is 36.7. The Bertz CT molecular complexity index is 640. The molecular formula is C16H19NO6. The van der Waals surface area contributed by atoms with Gasteiger partial charge in [-0.2, -0.15) is 0 Å². The van der Waals surface area contributed by atoms with Crippen molar-refractivity contribution in [1.29, 1.82) is 0 Å². The number of amides is 1. The second-order valence-electron chi connectivity index (χ2n) is 5.41. The average molecular weight is 321 g/mol. The molecule has 7 nitrogen and oxygen atoms in total. The number of hydrogen-bond acceptors (Lipinski definition) is 6. The number of rotatable bonds is 5. The molecule has 124 valence electrons. The fourth-order valence-corrected chi connectivity index (χ4v) is 2.30. The molecule has 0 spiro atoms. The fraction of sp³-hybridized carbons (Fsp3) is 0.438. The summed E-state index contributed by atoms with van der Waals surface area (Å²) in [6.07, 6.45) is -0.424. The smallest absolute Gasteiger partial charge is 0.326 e. The molecule has 0 fully saturated rings. The van der Waals surface area contributed by atoms with Gasteiger partial charge >= 0.3 is 5.97 Å². The van der Waals surface area contributed by atoms with Gasteiger partial charge in [0, 0.05) is 5.56 Å². The van der Waals surface area contributed by atoms with E-state index in [0.29, 0.717) is 29.0 Å². The van der Waals surface area contributed by atoms with E-state index in [4.69, 9.17) is 14.2 Å². The molecule has 7 heteroatoms. The predicted molar refractivity (Wildman–Crippen MR) is 82.1 cm³/mol. The highest BCUT2D eigenvalue weighted by atomic mass is 16.5. The van der Waals surface area contributed by atoms with Gasteiger partial charge in [0.15, 0.2) is 17.6 Å². The second kappa shape index (κ2) is 6.68. The Hall–Kier alpha value is -2.57. The molecule has 0 bridgehead atoms. The lowest BCUT2D eigenvalue weighted by molar-refractivity contribution is -0.146. The van der Waals surface area contributed by atoms with Gasteiger partial charge in [-0.15, -0.1) is 0 Å². The van der Waals surface area contributed by atoms with E-state index in [0.717, 1.165) is 0 Å². The first-order valence-corrected chi connectivity index (χ1v) is 7.22. The lowest BCUT2D eigenvalue weighted by atomic mass is 10.1. The van der Waals surface area contributed by atoms with Gasteiger partial charge in [-0.25, -0.2) is 0 Å². The minimum absolute atomic E-state index is 0.261. The number of benzene rings is 1. The number of esters is 1. The molecule has 0 saturated carbocycles. The van der Waals surface area contributed by atoms with Crippen molar-refractivity contribution >= 4 is 23.9 Å². The zero-order valence-electron chi connectivity index (χ0n) is 13.5. The summed E-state index contributed by atoms with van der Waals surface area (Å²) in [5, 5.41) is 0. The summed E-state index contributed by atoms with van der Waals surface area (Å²) < 4.78 is 15.9. The standard InChI is InChI=1S/C16H19NO6/c1-9(2)22-14(19)7-17-12-5-11(8-18)6-13(21-4)15(12)23-10(3)16(17)20/h5-6,8-10H,7H2,1-4H3. The third-order valence-electron chi connectivity index (χ3n) is 3.27. The van der Waals surface area contributed by atoms with Gasteiger partial charge in [0.25, 0.3) is 5.91 Å². The Morgan fingerprint density at radius 2 is 2.13 bits per heavy atom. The Morgan fingerprint density at radius 3 is 2.70 bits per heavy atom. The van der Waals surface area contributed by atoms with E-state index in [1.165, 1.54) is 24.1 Å². The second-order valence-corrected chi connectivity index (χ2v) is 5.41. The van der Waals surface area contributed by atoms with Crippen LogP contribution in [0.3, 0.4) is 0 Å². The molecule has 1 unspecified atom stereocenters. The van der Waals surface area contributed by atoms with Gasteiger partial charge < -0.3 is 14.2 Å². The molecule has 0 radical (unpaired) electrons. The number of carbonyl (C=O) groups excluding carboxylic acids is 3. The van der Waals surface area contributed by atoms with Crippen LogP contribution in [-0.4, -0.2) is 44.0 Å². The first-order valence-electron chi connectivity index (χ1n) is 7.22. The lowest BCUT2D eigenvalue weighted by Gasteiger charge is -2.33. The summed E-state index contributed by atoms with van der Waals surface area (Å²) in [6.45, 7) is 4.77. The van der Waals surface area contributed by atoms with E-state index in [1.54, 1.807) is 20.8 Å². The Labute approximate surface area is 134 Å². The van der Waals surface area contributed by atoms with Crippen LogP contribution in [0, 0.1) is 0 Å². The number of nitrogens with zero attached hydrogens (tertiary/aromatic N) is 1. The van der Waals surface area contributed by atoms with Crippen LogP contribution in [0.2, 0.25) is 0 Å². The van der Waals surface area contributed by atoms with E-state index >= 15 is 0 Å². The molecule has 1 aliphatic rings. The molecule has 0 saturated heterocycles. The minimum atomic E-state index is -0.773. The van der Waals surface area contributed by atoms with Crippen molar-refractivity contribution in [2.75, 3.05) is 18.6 Å². The summed E-state index contributed by atoms with van der Waals surface area (Å²) in [7, 11) is 1.44. The Balaban J connectivity index is 2.45. The molecular weight excluding hydrogens is 302 g/mol. The van der Waals surface area contributed by atoms with Crippen molar-refractivity contribution < 1.29 is 28.6 Å². The molecule has 1 aromatic rings. The van der Waals surface area contributed by atoms with E-state index in [9.17, 15) is 14.4 Å². The number of ether oxygens (including phenoxy) is 3. The van der Waals surface area contributed by atoms with Gasteiger partial charge in [0.1, 0.15) is 12.8 Å². The van der Waals surface area contributed by atoms with Crippen LogP contribution >= 0.6 is 0 Å². The van der Waals surface area contributed by atoms with Gasteiger partial charge in [-0.3, -0.25) is 19.3 Å². The normalized spacial score (nSPS) is 16.7. The number of aldehydes is 1. The fourth-order valence-electron chi connectivity index (χ4n) is 2.30. The van der Waals surface area contributed by atoms with Crippen LogP contribution < -0.4 is 14.4 Å². The van der Waals surface area contributed by atoms with Crippen molar-refractivity contribution in [2.24, 2.45) is 0 Å². The topological polar surface area (TPSA) is 82.1 Å². The third kappa shape index (κ3) is 3.44. The molecule has 2 rings (SSSR count). The van der Waals surface area contributed by atoms with E-state index in [2.05, 4.69) is 0 Å². The van der Waals surface area contributed by atoms with Crippen molar-refractivity contribution in [2.45, 2.75) is 33.0 Å². The minimum Gasteiger partial charge on any atom is -0.493 e. The number of fused-ring (bicyclic) bond motifs is 1. The third-order valence-corrected chi connectivity index (χ3v) is 3.27. The largest absolute Gasteiger partial charge is 0.493 e. The highest BCUT2D eigenvalue weighted by molar-refractivity contribution is 6.04. The lowest BCUT2D eigenvalue weighted by Crippen LogP contribution is -2.47. The molecule has 0 aliphatic carbocycles. The van der Waals surface area contributed by atoms with Crippen LogP contribution in [0.15, 0.2) is 12.1 Å². The average Bonchev–Trinajstić information content (AvgIpc) is 2.50.